The molecule has 2 aromatic rings. The minimum absolute atomic E-state index is 0.441. The number of primary amides is 1. The molecule has 0 unspecified atom stereocenters. The molecule has 1 amide bonds. The van der Waals surface area contributed by atoms with Crippen molar-refractivity contribution in [2.75, 3.05) is 7.11 Å². The van der Waals surface area contributed by atoms with Crippen LogP contribution in [0.1, 0.15) is 16.1 Å². The van der Waals surface area contributed by atoms with Crippen molar-refractivity contribution in [3.63, 3.8) is 0 Å². The number of carbonyl (C=O) groups excluding carboxylic acids is 1. The molecule has 0 radical (unpaired) electrons. The van der Waals surface area contributed by atoms with E-state index in [1.807, 2.05) is 25.1 Å². The van der Waals surface area contributed by atoms with E-state index < -0.39 is 5.91 Å². The number of ether oxygens (including phenoxy) is 1. The molecule has 0 saturated heterocycles. The number of hydrogen-bond donors (Lipinski definition) is 2. The SMILES string of the molecule is COc1ccc(Br)cc1-c1cc(C(N)=O)c(C)[nH]1. The average molecular weight is 309 g/mol. The highest BCUT2D eigenvalue weighted by molar-refractivity contribution is 9.10. The highest BCUT2D eigenvalue weighted by Crippen LogP contribution is 2.32. The highest BCUT2D eigenvalue weighted by atomic mass is 79.9. The lowest BCUT2D eigenvalue weighted by molar-refractivity contribution is 0.1000. The monoisotopic (exact) mass is 308 g/mol. The maximum atomic E-state index is 11.2. The number of carbonyl (C=O) groups is 1. The zero-order valence-electron chi connectivity index (χ0n) is 10.1. The Morgan fingerprint density at radius 2 is 2.11 bits per heavy atom. The van der Waals surface area contributed by atoms with Crippen molar-refractivity contribution in [2.24, 2.45) is 5.73 Å². The molecule has 2 rings (SSSR count). The second-order valence-electron chi connectivity index (χ2n) is 3.93. The van der Waals surface area contributed by atoms with Gasteiger partial charge in [-0.15, -0.1) is 0 Å². The number of benzene rings is 1. The van der Waals surface area contributed by atoms with Crippen molar-refractivity contribution in [1.29, 1.82) is 0 Å². The maximum absolute atomic E-state index is 11.2. The molecule has 0 aliphatic rings. The van der Waals surface area contributed by atoms with E-state index in [9.17, 15) is 4.79 Å². The van der Waals surface area contributed by atoms with Crippen LogP contribution in [0, 0.1) is 6.92 Å². The first kappa shape index (κ1) is 12.7. The third-order valence-electron chi connectivity index (χ3n) is 2.73. The Hall–Kier alpha value is -1.75. The second kappa shape index (κ2) is 4.86. The van der Waals surface area contributed by atoms with Gasteiger partial charge in [0, 0.05) is 15.7 Å². The normalized spacial score (nSPS) is 10.4. The van der Waals surface area contributed by atoms with E-state index in [4.69, 9.17) is 10.5 Å². The number of amides is 1. The summed E-state index contributed by atoms with van der Waals surface area (Å²) in [7, 11) is 1.61. The Morgan fingerprint density at radius 3 is 2.67 bits per heavy atom. The Morgan fingerprint density at radius 1 is 1.39 bits per heavy atom. The van der Waals surface area contributed by atoms with Gasteiger partial charge >= 0.3 is 0 Å². The molecule has 1 aromatic heterocycles. The number of rotatable bonds is 3. The van der Waals surface area contributed by atoms with Crippen molar-refractivity contribution < 1.29 is 9.53 Å². The molecule has 1 heterocycles. The van der Waals surface area contributed by atoms with Crippen LogP contribution in [-0.4, -0.2) is 18.0 Å². The molecule has 1 aromatic carbocycles. The number of aryl methyl sites for hydroxylation is 1. The topological polar surface area (TPSA) is 68.1 Å². The van der Waals surface area contributed by atoms with E-state index in [0.717, 1.165) is 27.2 Å². The van der Waals surface area contributed by atoms with E-state index in [1.54, 1.807) is 13.2 Å². The van der Waals surface area contributed by atoms with Gasteiger partial charge in [-0.25, -0.2) is 0 Å². The Balaban J connectivity index is 2.58. The van der Waals surface area contributed by atoms with Crippen LogP contribution in [0.15, 0.2) is 28.7 Å². The van der Waals surface area contributed by atoms with E-state index in [-0.39, 0.29) is 0 Å². The first-order valence-corrected chi connectivity index (χ1v) is 6.15. The summed E-state index contributed by atoms with van der Waals surface area (Å²) >= 11 is 3.42. The van der Waals surface area contributed by atoms with Gasteiger partial charge in [0.2, 0.25) is 0 Å². The summed E-state index contributed by atoms with van der Waals surface area (Å²) < 4.78 is 6.24. The van der Waals surface area contributed by atoms with Gasteiger partial charge in [0.25, 0.3) is 5.91 Å². The molecule has 0 atom stereocenters. The molecule has 4 nitrogen and oxygen atoms in total. The number of methoxy groups -OCH3 is 1. The fourth-order valence-corrected chi connectivity index (χ4v) is 2.21. The largest absolute Gasteiger partial charge is 0.496 e. The van der Waals surface area contributed by atoms with Crippen LogP contribution < -0.4 is 10.5 Å². The summed E-state index contributed by atoms with van der Waals surface area (Å²) in [5.74, 6) is 0.291. The van der Waals surface area contributed by atoms with Gasteiger partial charge in [0.1, 0.15) is 5.75 Å². The number of H-pyrrole nitrogens is 1. The Kier molecular flexibility index (Phi) is 3.43. The third-order valence-corrected chi connectivity index (χ3v) is 3.23. The average Bonchev–Trinajstić information content (AvgIpc) is 2.71. The molecular weight excluding hydrogens is 296 g/mol. The second-order valence-corrected chi connectivity index (χ2v) is 4.85. The first-order chi connectivity index (χ1) is 8.52. The molecule has 94 valence electrons. The molecule has 0 aliphatic heterocycles. The van der Waals surface area contributed by atoms with E-state index in [1.165, 1.54) is 0 Å². The smallest absolute Gasteiger partial charge is 0.250 e. The third kappa shape index (κ3) is 2.26. The van der Waals surface area contributed by atoms with E-state index in [2.05, 4.69) is 20.9 Å². The number of halogens is 1. The van der Waals surface area contributed by atoms with Gasteiger partial charge in [0.05, 0.1) is 18.4 Å². The van der Waals surface area contributed by atoms with E-state index in [0.29, 0.717) is 5.56 Å². The summed E-state index contributed by atoms with van der Waals surface area (Å²) in [6, 6.07) is 7.42. The molecule has 18 heavy (non-hydrogen) atoms. The molecular formula is C13H13BrN2O2. The minimum atomic E-state index is -0.441. The van der Waals surface area contributed by atoms with Crippen LogP contribution in [0.25, 0.3) is 11.3 Å². The van der Waals surface area contributed by atoms with E-state index >= 15 is 0 Å². The van der Waals surface area contributed by atoms with Crippen molar-refractivity contribution in [2.45, 2.75) is 6.92 Å². The molecule has 0 spiro atoms. The zero-order chi connectivity index (χ0) is 13.3. The molecule has 0 saturated carbocycles. The fourth-order valence-electron chi connectivity index (χ4n) is 1.85. The molecule has 0 bridgehead atoms. The highest BCUT2D eigenvalue weighted by Gasteiger charge is 2.13. The number of hydrogen-bond acceptors (Lipinski definition) is 2. The maximum Gasteiger partial charge on any atom is 0.250 e. The lowest BCUT2D eigenvalue weighted by Crippen LogP contribution is -2.10. The quantitative estimate of drug-likeness (QED) is 0.915. The number of aromatic nitrogens is 1. The summed E-state index contributed by atoms with van der Waals surface area (Å²) in [6.45, 7) is 1.81. The van der Waals surface area contributed by atoms with Crippen molar-refractivity contribution in [1.82, 2.24) is 4.98 Å². The van der Waals surface area contributed by atoms with Gasteiger partial charge in [-0.05, 0) is 31.2 Å². The lowest BCUT2D eigenvalue weighted by Gasteiger charge is -2.07. The van der Waals surface area contributed by atoms with Gasteiger partial charge in [0.15, 0.2) is 0 Å². The van der Waals surface area contributed by atoms with Crippen molar-refractivity contribution in [3.8, 4) is 17.0 Å². The van der Waals surface area contributed by atoms with Crippen LogP contribution in [-0.2, 0) is 0 Å². The van der Waals surface area contributed by atoms with Gasteiger partial charge < -0.3 is 15.5 Å². The van der Waals surface area contributed by atoms with Crippen molar-refractivity contribution in [3.05, 3.63) is 40.0 Å². The van der Waals surface area contributed by atoms with Crippen molar-refractivity contribution >= 4 is 21.8 Å². The molecule has 5 heteroatoms. The molecule has 0 fully saturated rings. The number of nitrogens with two attached hydrogens (primary N) is 1. The summed E-state index contributed by atoms with van der Waals surface area (Å²) in [6.07, 6.45) is 0. The predicted octanol–water partition coefficient (Wildman–Crippen LogP) is 2.86. The molecule has 3 N–H and O–H groups in total. The van der Waals surface area contributed by atoms with Crippen LogP contribution >= 0.6 is 15.9 Å². The van der Waals surface area contributed by atoms with Crippen LogP contribution in [0.5, 0.6) is 5.75 Å². The summed E-state index contributed by atoms with van der Waals surface area (Å²) in [5.41, 5.74) is 8.23. The standard InChI is InChI=1S/C13H13BrN2O2/c1-7-9(13(15)17)6-11(16-7)10-5-8(14)3-4-12(10)18-2/h3-6,16H,1-2H3,(H2,15,17). The minimum Gasteiger partial charge on any atom is -0.496 e. The Labute approximate surface area is 113 Å². The van der Waals surface area contributed by atoms with Crippen LogP contribution in [0.4, 0.5) is 0 Å². The number of nitrogens with one attached hydrogen (secondary N) is 1. The van der Waals surface area contributed by atoms with Gasteiger partial charge in [-0.1, -0.05) is 15.9 Å². The van der Waals surface area contributed by atoms with Gasteiger partial charge in [-0.3, -0.25) is 4.79 Å². The zero-order valence-corrected chi connectivity index (χ0v) is 11.7. The lowest BCUT2D eigenvalue weighted by atomic mass is 10.1. The molecule has 0 aliphatic carbocycles. The number of aromatic amines is 1. The first-order valence-electron chi connectivity index (χ1n) is 5.36. The van der Waals surface area contributed by atoms with Crippen LogP contribution in [0.2, 0.25) is 0 Å². The summed E-state index contributed by atoms with van der Waals surface area (Å²) in [4.78, 5) is 14.4. The van der Waals surface area contributed by atoms with Gasteiger partial charge in [-0.2, -0.15) is 0 Å². The summed E-state index contributed by atoms with van der Waals surface area (Å²) in [5, 5.41) is 0. The predicted molar refractivity (Wildman–Crippen MR) is 73.7 cm³/mol. The Bertz CT molecular complexity index is 605. The fraction of sp³-hybridized carbons (Fsp3) is 0.154. The van der Waals surface area contributed by atoms with Crippen LogP contribution in [0.3, 0.4) is 0 Å².